The molecule has 0 aromatic carbocycles. The minimum absolute atomic E-state index is 0.414. The minimum atomic E-state index is 0.414. The van der Waals surface area contributed by atoms with Gasteiger partial charge < -0.3 is 0 Å². The maximum absolute atomic E-state index is 2.66. The summed E-state index contributed by atoms with van der Waals surface area (Å²) in [4.78, 5) is 0. The first kappa shape index (κ1) is 59.1. The number of unbranched alkanes of at least 4 members (excludes halogenated alkanes) is 15. The molecule has 0 aromatic heterocycles. The molecule has 15 unspecified atom stereocenters. The van der Waals surface area contributed by atoms with Crippen LogP contribution in [0.25, 0.3) is 0 Å². The molecule has 2 fully saturated rings. The molecule has 63 heavy (non-hydrogen) atoms. The molecule has 0 aromatic rings. The highest BCUT2D eigenvalue weighted by atomic mass is 14.5. The second kappa shape index (κ2) is 32.7. The monoisotopic (exact) mass is 881 g/mol. The standard InChI is InChI=1S/C63H124/c1-17-19-20-21-22-23-30-35-40-59-61(44-49(6)43-53(10)55(12)56(13)60-46-58(60)39-34-29-25-27-32-37-48(5)18-2)62(59)45-52(9)50(7)41-42-54(11)63(15,16)57(14)51(8)38-33-28-24-26-31-36-47(3)4/h47-62H,17-46H2,1-16H3. The van der Waals surface area contributed by atoms with Crippen LogP contribution in [0.3, 0.4) is 0 Å². The molecule has 15 atom stereocenters. The summed E-state index contributed by atoms with van der Waals surface area (Å²) in [5, 5.41) is 0. The summed E-state index contributed by atoms with van der Waals surface area (Å²) in [7, 11) is 0. The second-order valence-corrected chi connectivity index (χ2v) is 26.0. The fourth-order valence-corrected chi connectivity index (χ4v) is 13.2. The van der Waals surface area contributed by atoms with Gasteiger partial charge in [-0.1, -0.05) is 265 Å². The van der Waals surface area contributed by atoms with E-state index >= 15 is 0 Å². The van der Waals surface area contributed by atoms with Crippen LogP contribution in [0.15, 0.2) is 0 Å². The lowest BCUT2D eigenvalue weighted by Crippen LogP contribution is -2.33. The van der Waals surface area contributed by atoms with Crippen molar-refractivity contribution in [3.63, 3.8) is 0 Å². The number of hydrogen-bond acceptors (Lipinski definition) is 0. The van der Waals surface area contributed by atoms with E-state index in [0.717, 1.165) is 94.7 Å². The minimum Gasteiger partial charge on any atom is -0.0654 e. The van der Waals surface area contributed by atoms with E-state index in [1.165, 1.54) is 193 Å². The third-order valence-electron chi connectivity index (χ3n) is 20.1. The highest BCUT2D eigenvalue weighted by molar-refractivity contribution is 4.99. The van der Waals surface area contributed by atoms with E-state index in [1.54, 1.807) is 0 Å². The first-order valence-electron chi connectivity index (χ1n) is 30.0. The smallest absolute Gasteiger partial charge is 0.0300 e. The molecule has 2 rings (SSSR count). The molecule has 0 heteroatoms. The quantitative estimate of drug-likeness (QED) is 0.0536. The number of rotatable bonds is 42. The Hall–Kier alpha value is 0. The summed E-state index contributed by atoms with van der Waals surface area (Å²) >= 11 is 0. The van der Waals surface area contributed by atoms with Crippen LogP contribution in [0.4, 0.5) is 0 Å². The third kappa shape index (κ3) is 23.7. The van der Waals surface area contributed by atoms with Crippen molar-refractivity contribution in [2.45, 2.75) is 303 Å². The third-order valence-corrected chi connectivity index (χ3v) is 20.1. The van der Waals surface area contributed by atoms with Gasteiger partial charge in [0.25, 0.3) is 0 Å². The molecular weight excluding hydrogens is 757 g/mol. The van der Waals surface area contributed by atoms with Crippen LogP contribution in [0.1, 0.15) is 303 Å². The summed E-state index contributed by atoms with van der Waals surface area (Å²) in [5.41, 5.74) is 0.414. The van der Waals surface area contributed by atoms with Crippen molar-refractivity contribution >= 4 is 0 Å². The van der Waals surface area contributed by atoms with Gasteiger partial charge in [0.2, 0.25) is 0 Å². The SMILES string of the molecule is CCCCCCCCCCC1C(CC(C)CC(C)C(C)C(C)C2CC2CCCCCCCC(C)CC)C1CC(C)C(C)CCC(C)C(C)(C)C(C)C(C)CCCCCCCC(C)C. The van der Waals surface area contributed by atoms with Crippen LogP contribution in [-0.2, 0) is 0 Å². The molecule has 0 bridgehead atoms. The fourth-order valence-electron chi connectivity index (χ4n) is 13.2. The highest BCUT2D eigenvalue weighted by Crippen LogP contribution is 2.57. The summed E-state index contributed by atoms with van der Waals surface area (Å²) in [6, 6.07) is 0. The van der Waals surface area contributed by atoms with Crippen molar-refractivity contribution in [1.29, 1.82) is 0 Å². The Labute approximate surface area is 401 Å². The van der Waals surface area contributed by atoms with Crippen molar-refractivity contribution in [3.8, 4) is 0 Å². The van der Waals surface area contributed by atoms with E-state index in [1.807, 2.05) is 0 Å². The van der Waals surface area contributed by atoms with E-state index in [0.29, 0.717) is 5.41 Å². The highest BCUT2D eigenvalue weighted by Gasteiger charge is 2.50. The Morgan fingerprint density at radius 3 is 1.56 bits per heavy atom. The molecule has 0 spiro atoms. The Morgan fingerprint density at radius 2 is 0.968 bits per heavy atom. The van der Waals surface area contributed by atoms with E-state index in [4.69, 9.17) is 0 Å². The second-order valence-electron chi connectivity index (χ2n) is 26.0. The van der Waals surface area contributed by atoms with Gasteiger partial charge in [-0.05, 0) is 139 Å². The summed E-state index contributed by atoms with van der Waals surface area (Å²) in [5.74, 6) is 14.6. The lowest BCUT2D eigenvalue weighted by Gasteiger charge is -2.41. The van der Waals surface area contributed by atoms with Crippen molar-refractivity contribution in [3.05, 3.63) is 0 Å². The van der Waals surface area contributed by atoms with Gasteiger partial charge in [0.05, 0.1) is 0 Å². The summed E-state index contributed by atoms with van der Waals surface area (Å²) in [6.07, 6.45) is 43.8. The van der Waals surface area contributed by atoms with E-state index in [-0.39, 0.29) is 0 Å². The van der Waals surface area contributed by atoms with Gasteiger partial charge in [-0.15, -0.1) is 0 Å². The predicted octanol–water partition coefficient (Wildman–Crippen LogP) is 21.9. The van der Waals surface area contributed by atoms with Crippen LogP contribution in [0.5, 0.6) is 0 Å². The lowest BCUT2D eigenvalue weighted by atomic mass is 9.64. The van der Waals surface area contributed by atoms with Gasteiger partial charge in [-0.2, -0.15) is 0 Å². The maximum atomic E-state index is 2.66. The molecule has 0 aliphatic heterocycles. The molecule has 2 aliphatic rings. The largest absolute Gasteiger partial charge is 0.0654 e. The van der Waals surface area contributed by atoms with Crippen LogP contribution in [-0.4, -0.2) is 0 Å². The molecule has 0 nitrogen and oxygen atoms in total. The fraction of sp³-hybridized carbons (Fsp3) is 1.00. The molecule has 0 heterocycles. The van der Waals surface area contributed by atoms with E-state index in [9.17, 15) is 0 Å². The van der Waals surface area contributed by atoms with Crippen molar-refractivity contribution in [2.75, 3.05) is 0 Å². The first-order chi connectivity index (χ1) is 30.0. The average molecular weight is 882 g/mol. The summed E-state index contributed by atoms with van der Waals surface area (Å²) in [6.45, 7) is 40.8. The lowest BCUT2D eigenvalue weighted by molar-refractivity contribution is 0.0797. The van der Waals surface area contributed by atoms with E-state index < -0.39 is 0 Å². The maximum Gasteiger partial charge on any atom is -0.0300 e. The van der Waals surface area contributed by atoms with Crippen molar-refractivity contribution in [2.24, 2.45) is 100 Å². The Balaban J connectivity index is 1.83. The van der Waals surface area contributed by atoms with Gasteiger partial charge in [0.15, 0.2) is 0 Å². The first-order valence-corrected chi connectivity index (χ1v) is 30.0. The van der Waals surface area contributed by atoms with Crippen molar-refractivity contribution in [1.82, 2.24) is 0 Å². The zero-order valence-electron chi connectivity index (χ0n) is 47.0. The average Bonchev–Trinajstić information content (AvgIpc) is 4.17. The van der Waals surface area contributed by atoms with E-state index in [2.05, 4.69) is 111 Å². The zero-order valence-corrected chi connectivity index (χ0v) is 47.0. The molecule has 0 amide bonds. The topological polar surface area (TPSA) is 0 Å². The van der Waals surface area contributed by atoms with Crippen LogP contribution in [0, 0.1) is 100 Å². The Morgan fingerprint density at radius 1 is 0.444 bits per heavy atom. The predicted molar refractivity (Wildman–Crippen MR) is 288 cm³/mol. The normalized spacial score (nSPS) is 25.0. The van der Waals surface area contributed by atoms with Gasteiger partial charge >= 0.3 is 0 Å². The molecule has 2 saturated carbocycles. The molecule has 376 valence electrons. The molecule has 0 radical (unpaired) electrons. The van der Waals surface area contributed by atoms with Gasteiger partial charge in [-0.3, -0.25) is 0 Å². The molecule has 2 aliphatic carbocycles. The van der Waals surface area contributed by atoms with Crippen LogP contribution >= 0.6 is 0 Å². The number of hydrogen-bond donors (Lipinski definition) is 0. The summed E-state index contributed by atoms with van der Waals surface area (Å²) < 4.78 is 0. The van der Waals surface area contributed by atoms with Crippen LogP contribution < -0.4 is 0 Å². The van der Waals surface area contributed by atoms with Crippen molar-refractivity contribution < 1.29 is 0 Å². The molecule has 0 N–H and O–H groups in total. The Kier molecular flexibility index (Phi) is 30.7. The van der Waals surface area contributed by atoms with Gasteiger partial charge in [0, 0.05) is 0 Å². The Bertz CT molecular complexity index is 1070. The molecular formula is C63H124. The van der Waals surface area contributed by atoms with Gasteiger partial charge in [0.1, 0.15) is 0 Å². The van der Waals surface area contributed by atoms with Gasteiger partial charge in [-0.25, -0.2) is 0 Å². The molecule has 0 saturated heterocycles. The zero-order chi connectivity index (χ0) is 47.0. The van der Waals surface area contributed by atoms with Crippen LogP contribution in [0.2, 0.25) is 0 Å².